The first-order chi connectivity index (χ1) is 21.9. The highest BCUT2D eigenvalue weighted by Crippen LogP contribution is 2.41. The van der Waals surface area contributed by atoms with Crippen LogP contribution >= 0.6 is 27.3 Å². The Morgan fingerprint density at radius 1 is 1.04 bits per heavy atom. The lowest BCUT2D eigenvalue weighted by Gasteiger charge is -2.30. The van der Waals surface area contributed by atoms with Gasteiger partial charge in [0.05, 0.1) is 28.3 Å². The van der Waals surface area contributed by atoms with E-state index in [1.54, 1.807) is 19.2 Å². The van der Waals surface area contributed by atoms with Crippen molar-refractivity contribution >= 4 is 44.7 Å². The van der Waals surface area contributed by atoms with E-state index in [0.29, 0.717) is 15.1 Å². The number of methoxy groups -OCH3 is 1. The Balaban J connectivity index is 1.33. The molecule has 4 aromatic carbocycles. The van der Waals surface area contributed by atoms with E-state index in [0.717, 1.165) is 56.6 Å². The number of rotatable bonds is 7. The summed E-state index contributed by atoms with van der Waals surface area (Å²) < 4.78 is 14.8. The summed E-state index contributed by atoms with van der Waals surface area (Å²) in [5.74, 6) is 1.34. The minimum atomic E-state index is -0.429. The molecule has 0 unspecified atom stereocenters. The van der Waals surface area contributed by atoms with Gasteiger partial charge >= 0.3 is 0 Å². The average molecular weight is 681 g/mol. The average Bonchev–Trinajstić information content (AvgIpc) is 3.37. The van der Waals surface area contributed by atoms with Gasteiger partial charge in [-0.05, 0) is 83.6 Å². The Kier molecular flexibility index (Phi) is 7.68. The Bertz CT molecular complexity index is 2170. The molecule has 0 spiro atoms. The first kappa shape index (κ1) is 28.9. The predicted octanol–water partition coefficient (Wildman–Crippen LogP) is 6.58. The minimum Gasteiger partial charge on any atom is -0.497 e. The molecule has 0 amide bonds. The van der Waals surface area contributed by atoms with Gasteiger partial charge in [-0.1, -0.05) is 63.7 Å². The Morgan fingerprint density at radius 3 is 2.58 bits per heavy atom. The molecule has 1 aliphatic carbocycles. The number of aromatic nitrogens is 1. The molecule has 1 atom stereocenters. The lowest BCUT2D eigenvalue weighted by Crippen LogP contribution is -2.38. The number of fused-ring (bicyclic) bond motifs is 3. The molecular formula is C35H26BrN3O5S. The molecule has 0 bridgehead atoms. The Labute approximate surface area is 270 Å². The van der Waals surface area contributed by atoms with Gasteiger partial charge in [-0.15, -0.1) is 0 Å². The molecule has 0 N–H and O–H groups in total. The van der Waals surface area contributed by atoms with Crippen molar-refractivity contribution in [2.45, 2.75) is 25.5 Å². The lowest BCUT2D eigenvalue weighted by molar-refractivity contribution is -0.384. The molecule has 2 heterocycles. The molecule has 0 saturated heterocycles. The van der Waals surface area contributed by atoms with E-state index in [1.165, 1.54) is 29.0 Å². The van der Waals surface area contributed by atoms with Crippen molar-refractivity contribution in [1.82, 2.24) is 4.57 Å². The van der Waals surface area contributed by atoms with Gasteiger partial charge in [-0.2, -0.15) is 0 Å². The molecule has 45 heavy (non-hydrogen) atoms. The third-order valence-electron chi connectivity index (χ3n) is 8.10. The maximum atomic E-state index is 14.2. The number of nitro groups is 1. The van der Waals surface area contributed by atoms with Crippen molar-refractivity contribution in [2.75, 3.05) is 7.11 Å². The molecule has 2 aliphatic rings. The fourth-order valence-corrected chi connectivity index (χ4v) is 7.26. The van der Waals surface area contributed by atoms with Crippen LogP contribution in [0.4, 0.5) is 5.69 Å². The number of ether oxygens (including phenoxy) is 2. The summed E-state index contributed by atoms with van der Waals surface area (Å²) in [4.78, 5) is 30.6. The molecular weight excluding hydrogens is 654 g/mol. The van der Waals surface area contributed by atoms with E-state index in [-0.39, 0.29) is 23.9 Å². The fraction of sp³-hybridized carbons (Fsp3) is 0.143. The maximum absolute atomic E-state index is 14.2. The van der Waals surface area contributed by atoms with Crippen LogP contribution in [0.2, 0.25) is 0 Å². The smallest absolute Gasteiger partial charge is 0.271 e. The normalized spacial score (nSPS) is 15.5. The Morgan fingerprint density at radius 2 is 1.82 bits per heavy atom. The number of nitro benzene ring substituents is 1. The highest BCUT2D eigenvalue weighted by molar-refractivity contribution is 9.10. The molecule has 5 aromatic rings. The van der Waals surface area contributed by atoms with Crippen LogP contribution in [0.1, 0.15) is 40.3 Å². The number of thiazole rings is 1. The van der Waals surface area contributed by atoms with Gasteiger partial charge in [0.1, 0.15) is 18.1 Å². The highest BCUT2D eigenvalue weighted by Gasteiger charge is 2.32. The van der Waals surface area contributed by atoms with Crippen LogP contribution in [-0.4, -0.2) is 16.6 Å². The highest BCUT2D eigenvalue weighted by atomic mass is 79.9. The number of hydrogen-bond acceptors (Lipinski definition) is 7. The van der Waals surface area contributed by atoms with Crippen LogP contribution in [0.3, 0.4) is 0 Å². The van der Waals surface area contributed by atoms with Gasteiger partial charge in [-0.3, -0.25) is 19.5 Å². The zero-order valence-corrected chi connectivity index (χ0v) is 26.5. The van der Waals surface area contributed by atoms with Crippen molar-refractivity contribution in [1.29, 1.82) is 0 Å². The van der Waals surface area contributed by atoms with E-state index in [4.69, 9.17) is 14.5 Å². The number of aryl methyl sites for hydroxylation is 1. The van der Waals surface area contributed by atoms with E-state index < -0.39 is 4.92 Å². The molecule has 1 aromatic heterocycles. The number of hydrogen-bond donors (Lipinski definition) is 0. The van der Waals surface area contributed by atoms with Crippen molar-refractivity contribution < 1.29 is 14.4 Å². The summed E-state index contributed by atoms with van der Waals surface area (Å²) in [6.45, 7) is 0.214. The quantitative estimate of drug-likeness (QED) is 0.143. The van der Waals surface area contributed by atoms with Gasteiger partial charge in [-0.25, -0.2) is 4.99 Å². The molecule has 0 radical (unpaired) electrons. The van der Waals surface area contributed by atoms with E-state index in [1.807, 2.05) is 59.2 Å². The second-order valence-corrected chi connectivity index (χ2v) is 12.7. The number of benzene rings is 4. The van der Waals surface area contributed by atoms with Crippen LogP contribution in [0.15, 0.2) is 111 Å². The first-order valence-electron chi connectivity index (χ1n) is 14.3. The van der Waals surface area contributed by atoms with Crippen LogP contribution in [-0.2, 0) is 13.0 Å². The Hall–Kier alpha value is -4.80. The summed E-state index contributed by atoms with van der Waals surface area (Å²) in [6.07, 6.45) is 3.54. The number of allylic oxidation sites excluding steroid dienone is 1. The minimum absolute atomic E-state index is 0.0246. The SMILES string of the molecule is COc1ccc([C@H]2C3=C(N=c4s/c(=C\c5cc(Br)ccc5OCc5ccc([N+](=O)[O-])cc5)c(=O)n42)c2ccccc2CC3)cc1. The fourth-order valence-electron chi connectivity index (χ4n) is 5.89. The molecule has 8 nitrogen and oxygen atoms in total. The summed E-state index contributed by atoms with van der Waals surface area (Å²) in [6, 6.07) is 27.9. The van der Waals surface area contributed by atoms with Gasteiger partial charge in [0.25, 0.3) is 11.2 Å². The van der Waals surface area contributed by atoms with Crippen molar-refractivity contribution in [2.24, 2.45) is 4.99 Å². The number of non-ortho nitro benzene ring substituents is 1. The van der Waals surface area contributed by atoms with Crippen LogP contribution in [0, 0.1) is 10.1 Å². The third-order valence-corrected chi connectivity index (χ3v) is 9.58. The van der Waals surface area contributed by atoms with Gasteiger partial charge in [0.2, 0.25) is 0 Å². The van der Waals surface area contributed by atoms with Crippen molar-refractivity contribution in [3.63, 3.8) is 0 Å². The summed E-state index contributed by atoms with van der Waals surface area (Å²) in [7, 11) is 1.64. The second-order valence-electron chi connectivity index (χ2n) is 10.8. The van der Waals surface area contributed by atoms with Crippen LogP contribution in [0.25, 0.3) is 11.8 Å². The second kappa shape index (κ2) is 11.9. The van der Waals surface area contributed by atoms with Gasteiger partial charge in [0, 0.05) is 27.7 Å². The molecule has 0 fully saturated rings. The molecule has 1 aliphatic heterocycles. The molecule has 224 valence electrons. The van der Waals surface area contributed by atoms with E-state index in [2.05, 4.69) is 34.1 Å². The topological polar surface area (TPSA) is 96.0 Å². The summed E-state index contributed by atoms with van der Waals surface area (Å²) in [5, 5.41) is 11.0. The number of nitrogens with zero attached hydrogens (tertiary/aromatic N) is 3. The zero-order valence-electron chi connectivity index (χ0n) is 24.1. The first-order valence-corrected chi connectivity index (χ1v) is 15.9. The third kappa shape index (κ3) is 5.51. The van der Waals surface area contributed by atoms with Gasteiger partial charge < -0.3 is 9.47 Å². The zero-order chi connectivity index (χ0) is 31.1. The van der Waals surface area contributed by atoms with Crippen LogP contribution in [0.5, 0.6) is 11.5 Å². The molecule has 10 heteroatoms. The maximum Gasteiger partial charge on any atom is 0.271 e. The standard InChI is InChI=1S/C35H26BrN3O5S/c1-43-27-14-8-23(9-15-27)33-29-16-10-22-4-2-3-5-28(22)32(29)37-35-38(33)34(40)31(45-35)19-24-18-25(36)11-17-30(24)44-20-21-6-12-26(13-7-21)39(41)42/h2-9,11-15,17-19,33H,10,16,20H2,1H3/b31-19-/t33-/m0/s1. The summed E-state index contributed by atoms with van der Waals surface area (Å²) >= 11 is 4.92. The van der Waals surface area contributed by atoms with Crippen molar-refractivity contribution in [3.05, 3.63) is 159 Å². The van der Waals surface area contributed by atoms with Crippen LogP contribution < -0.4 is 24.4 Å². The molecule has 7 rings (SSSR count). The monoisotopic (exact) mass is 679 g/mol. The molecule has 0 saturated carbocycles. The van der Waals surface area contributed by atoms with E-state index in [9.17, 15) is 14.9 Å². The van der Waals surface area contributed by atoms with E-state index >= 15 is 0 Å². The summed E-state index contributed by atoms with van der Waals surface area (Å²) in [5.41, 5.74) is 6.88. The van der Waals surface area contributed by atoms with Gasteiger partial charge in [0.15, 0.2) is 4.80 Å². The number of halogens is 1. The lowest BCUT2D eigenvalue weighted by atomic mass is 9.83. The van der Waals surface area contributed by atoms with Crippen molar-refractivity contribution in [3.8, 4) is 11.5 Å². The predicted molar refractivity (Wildman–Crippen MR) is 177 cm³/mol. The largest absolute Gasteiger partial charge is 0.497 e.